The van der Waals surface area contributed by atoms with Crippen LogP contribution in [0.2, 0.25) is 0 Å². The van der Waals surface area contributed by atoms with Crippen molar-refractivity contribution in [3.8, 4) is 0 Å². The molecule has 0 spiro atoms. The zero-order chi connectivity index (χ0) is 14.4. The first-order chi connectivity index (χ1) is 9.67. The number of benzene rings is 2. The van der Waals surface area contributed by atoms with Crippen LogP contribution in [0.4, 0.5) is 4.39 Å². The Kier molecular flexibility index (Phi) is 6.04. The molecule has 0 aromatic heterocycles. The molecule has 2 aromatic carbocycles. The van der Waals surface area contributed by atoms with Gasteiger partial charge in [0.25, 0.3) is 0 Å². The third kappa shape index (κ3) is 4.90. The second-order valence-corrected chi connectivity index (χ2v) is 6.48. The van der Waals surface area contributed by atoms with Gasteiger partial charge in [-0.1, -0.05) is 34.1 Å². The topological polar surface area (TPSA) is 38.0 Å². The molecule has 0 aliphatic heterocycles. The summed E-state index contributed by atoms with van der Waals surface area (Å²) in [5.74, 6) is 6.18. The minimum absolute atomic E-state index is 0.0916. The molecule has 2 rings (SSSR count). The van der Waals surface area contributed by atoms with Crippen LogP contribution >= 0.6 is 27.7 Å². The van der Waals surface area contributed by atoms with E-state index in [0.717, 1.165) is 15.8 Å². The molecule has 20 heavy (non-hydrogen) atoms. The van der Waals surface area contributed by atoms with Gasteiger partial charge < -0.3 is 0 Å². The molecule has 106 valence electrons. The van der Waals surface area contributed by atoms with Crippen molar-refractivity contribution in [2.24, 2.45) is 5.84 Å². The standard InChI is InChI=1S/C15H16BrFN2S/c16-12-6-11(7-13(17)9-12)8-14(19-18)10-20-15-4-2-1-3-5-15/h1-7,9,14,19H,8,10,18H2. The van der Waals surface area contributed by atoms with Crippen LogP contribution in [0, 0.1) is 5.82 Å². The summed E-state index contributed by atoms with van der Waals surface area (Å²) in [6.07, 6.45) is 0.687. The van der Waals surface area contributed by atoms with Gasteiger partial charge in [0.1, 0.15) is 5.82 Å². The van der Waals surface area contributed by atoms with Gasteiger partial charge in [-0.15, -0.1) is 11.8 Å². The Bertz CT molecular complexity index is 531. The van der Waals surface area contributed by atoms with Crippen LogP contribution in [-0.2, 0) is 6.42 Å². The molecule has 0 aliphatic carbocycles. The van der Waals surface area contributed by atoms with Crippen molar-refractivity contribution in [1.82, 2.24) is 5.43 Å². The lowest BCUT2D eigenvalue weighted by atomic mass is 10.1. The van der Waals surface area contributed by atoms with E-state index in [1.54, 1.807) is 17.8 Å². The summed E-state index contributed by atoms with van der Waals surface area (Å²) in [6.45, 7) is 0. The average molecular weight is 355 g/mol. The SMILES string of the molecule is NNC(CSc1ccccc1)Cc1cc(F)cc(Br)c1. The summed E-state index contributed by atoms with van der Waals surface area (Å²) >= 11 is 5.04. The molecule has 0 heterocycles. The van der Waals surface area contributed by atoms with Gasteiger partial charge in [0.05, 0.1) is 0 Å². The van der Waals surface area contributed by atoms with E-state index in [9.17, 15) is 4.39 Å². The van der Waals surface area contributed by atoms with Crippen LogP contribution < -0.4 is 11.3 Å². The summed E-state index contributed by atoms with van der Waals surface area (Å²) in [5.41, 5.74) is 3.73. The molecular weight excluding hydrogens is 339 g/mol. The van der Waals surface area contributed by atoms with Crippen molar-refractivity contribution in [3.05, 3.63) is 64.4 Å². The summed E-state index contributed by atoms with van der Waals surface area (Å²) in [7, 11) is 0. The maximum Gasteiger partial charge on any atom is 0.124 e. The van der Waals surface area contributed by atoms with E-state index in [0.29, 0.717) is 6.42 Å². The maximum absolute atomic E-state index is 13.3. The lowest BCUT2D eigenvalue weighted by Crippen LogP contribution is -2.38. The molecule has 0 aliphatic rings. The Morgan fingerprint density at radius 2 is 1.95 bits per heavy atom. The fourth-order valence-corrected chi connectivity index (χ4v) is 3.36. The second-order valence-electron chi connectivity index (χ2n) is 4.47. The Balaban J connectivity index is 1.95. The third-order valence-corrected chi connectivity index (χ3v) is 4.47. The maximum atomic E-state index is 13.3. The normalized spacial score (nSPS) is 12.3. The van der Waals surface area contributed by atoms with E-state index < -0.39 is 0 Å². The minimum Gasteiger partial charge on any atom is -0.271 e. The fourth-order valence-electron chi connectivity index (χ4n) is 1.89. The molecule has 0 saturated carbocycles. The number of hydrazine groups is 1. The first kappa shape index (κ1) is 15.5. The van der Waals surface area contributed by atoms with Crippen molar-refractivity contribution < 1.29 is 4.39 Å². The number of hydrogen-bond acceptors (Lipinski definition) is 3. The van der Waals surface area contributed by atoms with Crippen LogP contribution in [0.25, 0.3) is 0 Å². The van der Waals surface area contributed by atoms with Crippen LogP contribution in [0.5, 0.6) is 0 Å². The van der Waals surface area contributed by atoms with E-state index in [4.69, 9.17) is 5.84 Å². The van der Waals surface area contributed by atoms with E-state index in [2.05, 4.69) is 33.5 Å². The quantitative estimate of drug-likeness (QED) is 0.471. The van der Waals surface area contributed by atoms with Crippen LogP contribution in [0.3, 0.4) is 0 Å². The molecule has 0 bridgehead atoms. The van der Waals surface area contributed by atoms with Gasteiger partial charge in [-0.2, -0.15) is 0 Å². The molecule has 1 atom stereocenters. The third-order valence-electron chi connectivity index (χ3n) is 2.83. The molecule has 3 N–H and O–H groups in total. The number of nitrogens with one attached hydrogen (secondary N) is 1. The van der Waals surface area contributed by atoms with Gasteiger partial charge in [-0.3, -0.25) is 11.3 Å². The van der Waals surface area contributed by atoms with Crippen molar-refractivity contribution in [3.63, 3.8) is 0 Å². The van der Waals surface area contributed by atoms with Crippen LogP contribution in [-0.4, -0.2) is 11.8 Å². The predicted octanol–water partition coefficient (Wildman–Crippen LogP) is 3.75. The molecule has 0 saturated heterocycles. The van der Waals surface area contributed by atoms with Crippen LogP contribution in [0.15, 0.2) is 57.9 Å². The number of hydrogen-bond donors (Lipinski definition) is 2. The van der Waals surface area contributed by atoms with Gasteiger partial charge in [0, 0.05) is 21.2 Å². The van der Waals surface area contributed by atoms with Crippen molar-refractivity contribution in [2.45, 2.75) is 17.4 Å². The van der Waals surface area contributed by atoms with E-state index in [1.165, 1.54) is 11.0 Å². The lowest BCUT2D eigenvalue weighted by molar-refractivity contribution is 0.570. The highest BCUT2D eigenvalue weighted by Crippen LogP contribution is 2.20. The summed E-state index contributed by atoms with van der Waals surface area (Å²) < 4.78 is 14.1. The number of rotatable bonds is 6. The molecule has 0 radical (unpaired) electrons. The predicted molar refractivity (Wildman–Crippen MR) is 86.1 cm³/mol. The van der Waals surface area contributed by atoms with Gasteiger partial charge in [0.2, 0.25) is 0 Å². The smallest absolute Gasteiger partial charge is 0.124 e. The first-order valence-electron chi connectivity index (χ1n) is 6.26. The fraction of sp³-hybridized carbons (Fsp3) is 0.200. The molecule has 5 heteroatoms. The average Bonchev–Trinajstić information content (AvgIpc) is 2.43. The first-order valence-corrected chi connectivity index (χ1v) is 8.04. The lowest BCUT2D eigenvalue weighted by Gasteiger charge is -2.16. The summed E-state index contributed by atoms with van der Waals surface area (Å²) in [5, 5.41) is 0. The Morgan fingerprint density at radius 1 is 1.20 bits per heavy atom. The Morgan fingerprint density at radius 3 is 2.60 bits per heavy atom. The molecule has 0 fully saturated rings. The van der Waals surface area contributed by atoms with Gasteiger partial charge >= 0.3 is 0 Å². The molecular formula is C15H16BrFN2S. The van der Waals surface area contributed by atoms with Gasteiger partial charge in [0.15, 0.2) is 0 Å². The minimum atomic E-state index is -0.235. The van der Waals surface area contributed by atoms with Gasteiger partial charge in [-0.05, 0) is 42.3 Å². The van der Waals surface area contributed by atoms with Crippen molar-refractivity contribution in [1.29, 1.82) is 0 Å². The number of halogens is 2. The number of thioether (sulfide) groups is 1. The number of nitrogens with two attached hydrogens (primary N) is 1. The zero-order valence-corrected chi connectivity index (χ0v) is 13.3. The largest absolute Gasteiger partial charge is 0.271 e. The molecule has 2 nitrogen and oxygen atoms in total. The van der Waals surface area contributed by atoms with Crippen LogP contribution in [0.1, 0.15) is 5.56 Å². The molecule has 0 amide bonds. The molecule has 2 aromatic rings. The van der Waals surface area contributed by atoms with Crippen molar-refractivity contribution >= 4 is 27.7 Å². The Hall–Kier alpha value is -0.880. The second kappa shape index (κ2) is 7.78. The van der Waals surface area contributed by atoms with E-state index in [1.807, 2.05) is 24.3 Å². The Labute approximate surface area is 131 Å². The van der Waals surface area contributed by atoms with Gasteiger partial charge in [-0.25, -0.2) is 4.39 Å². The van der Waals surface area contributed by atoms with Crippen molar-refractivity contribution in [2.75, 3.05) is 5.75 Å². The van der Waals surface area contributed by atoms with E-state index in [-0.39, 0.29) is 11.9 Å². The van der Waals surface area contributed by atoms with E-state index >= 15 is 0 Å². The highest BCUT2D eigenvalue weighted by molar-refractivity contribution is 9.10. The summed E-state index contributed by atoms with van der Waals surface area (Å²) in [4.78, 5) is 1.20. The molecule has 1 unspecified atom stereocenters. The zero-order valence-electron chi connectivity index (χ0n) is 10.9. The summed E-state index contributed by atoms with van der Waals surface area (Å²) in [6, 6.07) is 15.2. The highest BCUT2D eigenvalue weighted by atomic mass is 79.9. The highest BCUT2D eigenvalue weighted by Gasteiger charge is 2.10. The monoisotopic (exact) mass is 354 g/mol.